The van der Waals surface area contributed by atoms with Crippen LogP contribution in [0, 0.1) is 0 Å². The van der Waals surface area contributed by atoms with Crippen molar-refractivity contribution in [1.82, 2.24) is 19.9 Å². The minimum Gasteiger partial charge on any atom is -0.444 e. The number of rotatable bonds is 6. The Morgan fingerprint density at radius 2 is 1.92 bits per heavy atom. The number of halogens is 3. The van der Waals surface area contributed by atoms with Crippen molar-refractivity contribution >= 4 is 17.3 Å². The molecule has 0 radical (unpaired) electrons. The molecule has 190 valence electrons. The molecule has 0 amide bonds. The number of aliphatic imine (C=N–C) groups is 1. The molecule has 0 atom stereocenters. The number of alkyl halides is 3. The lowest BCUT2D eigenvalue weighted by Gasteiger charge is -2.24. The van der Waals surface area contributed by atoms with Gasteiger partial charge in [0.05, 0.1) is 11.9 Å². The Labute approximate surface area is 208 Å². The zero-order chi connectivity index (χ0) is 25.7. The maximum Gasteiger partial charge on any atom is 0.396 e. The van der Waals surface area contributed by atoms with Crippen molar-refractivity contribution in [3.63, 3.8) is 0 Å². The Kier molecular flexibility index (Phi) is 7.71. The number of anilines is 2. The second-order valence-electron chi connectivity index (χ2n) is 8.89. The van der Waals surface area contributed by atoms with E-state index in [9.17, 15) is 13.2 Å². The lowest BCUT2D eigenvalue weighted by Crippen LogP contribution is -2.36. The molecule has 4 rings (SSSR count). The van der Waals surface area contributed by atoms with Crippen molar-refractivity contribution in [2.75, 3.05) is 18.4 Å². The third-order valence-corrected chi connectivity index (χ3v) is 5.84. The van der Waals surface area contributed by atoms with Gasteiger partial charge in [0.1, 0.15) is 23.9 Å². The van der Waals surface area contributed by atoms with Crippen LogP contribution in [0.25, 0.3) is 11.3 Å². The number of aromatic nitrogens is 3. The molecule has 1 N–H and O–H groups in total. The smallest absolute Gasteiger partial charge is 0.396 e. The molecule has 0 bridgehead atoms. The van der Waals surface area contributed by atoms with E-state index in [4.69, 9.17) is 14.4 Å². The minimum absolute atomic E-state index is 0.0166. The van der Waals surface area contributed by atoms with Crippen molar-refractivity contribution < 1.29 is 17.6 Å². The summed E-state index contributed by atoms with van der Waals surface area (Å²) in [6.07, 6.45) is 1.67. The Bertz CT molecular complexity index is 1220. The van der Waals surface area contributed by atoms with Crippen molar-refractivity contribution in [3.8, 4) is 11.3 Å². The average molecular weight is 499 g/mol. The minimum atomic E-state index is -4.34. The first-order valence-electron chi connectivity index (χ1n) is 11.9. The fourth-order valence-electron chi connectivity index (χ4n) is 4.03. The molecular formula is C26H29F3N6O. The van der Waals surface area contributed by atoms with Crippen molar-refractivity contribution in [2.45, 2.75) is 52.1 Å². The highest BCUT2D eigenvalue weighted by Crippen LogP contribution is 2.29. The van der Waals surface area contributed by atoms with Gasteiger partial charge in [0, 0.05) is 48.4 Å². The van der Waals surface area contributed by atoms with Gasteiger partial charge >= 0.3 is 6.18 Å². The van der Waals surface area contributed by atoms with Crippen LogP contribution in [0.3, 0.4) is 0 Å². The highest BCUT2D eigenvalue weighted by Gasteiger charge is 2.33. The quantitative estimate of drug-likeness (QED) is 0.318. The first-order chi connectivity index (χ1) is 17.2. The van der Waals surface area contributed by atoms with E-state index in [0.29, 0.717) is 43.3 Å². The van der Waals surface area contributed by atoms with Gasteiger partial charge in [-0.2, -0.15) is 13.2 Å². The summed E-state index contributed by atoms with van der Waals surface area (Å²) in [5.74, 6) is 2.17. The molecule has 1 aromatic carbocycles. The first kappa shape index (κ1) is 25.4. The highest BCUT2D eigenvalue weighted by atomic mass is 19.4. The summed E-state index contributed by atoms with van der Waals surface area (Å²) >= 11 is 0. The molecule has 0 fully saturated rings. The Hall–Kier alpha value is -3.69. The lowest BCUT2D eigenvalue weighted by atomic mass is 10.1. The summed E-state index contributed by atoms with van der Waals surface area (Å²) in [5, 5.41) is 3.41. The SMILES string of the molecule is C/C=C\N=C(CC(F)(F)F)N1CCc2nc(C(C)C)nc(Nc3ccc(-c4cnco4)cc3)c2CC1. The fraction of sp³-hybridized carbons (Fsp3) is 0.385. The number of benzene rings is 1. The molecule has 1 aliphatic heterocycles. The molecule has 0 unspecified atom stereocenters. The van der Waals surface area contributed by atoms with Crippen LogP contribution >= 0.6 is 0 Å². The first-order valence-corrected chi connectivity index (χ1v) is 11.9. The van der Waals surface area contributed by atoms with Crippen LogP contribution < -0.4 is 5.32 Å². The number of amidine groups is 1. The second-order valence-corrected chi connectivity index (χ2v) is 8.89. The average Bonchev–Trinajstić information content (AvgIpc) is 3.28. The van der Waals surface area contributed by atoms with Gasteiger partial charge in [-0.05, 0) is 37.6 Å². The van der Waals surface area contributed by atoms with Crippen LogP contribution in [-0.2, 0) is 12.8 Å². The van der Waals surface area contributed by atoms with E-state index in [2.05, 4.69) is 15.3 Å². The van der Waals surface area contributed by atoms with E-state index in [1.165, 1.54) is 12.6 Å². The van der Waals surface area contributed by atoms with E-state index < -0.39 is 12.6 Å². The van der Waals surface area contributed by atoms with Gasteiger partial charge in [-0.1, -0.05) is 19.9 Å². The summed E-state index contributed by atoms with van der Waals surface area (Å²) in [6, 6.07) is 7.70. The number of fused-ring (bicyclic) bond motifs is 1. The molecule has 10 heteroatoms. The van der Waals surface area contributed by atoms with E-state index in [0.717, 1.165) is 22.5 Å². The van der Waals surface area contributed by atoms with Gasteiger partial charge in [0.2, 0.25) is 0 Å². The van der Waals surface area contributed by atoms with Gasteiger partial charge < -0.3 is 14.6 Å². The van der Waals surface area contributed by atoms with Crippen LogP contribution in [0.15, 0.2) is 58.5 Å². The summed E-state index contributed by atoms with van der Waals surface area (Å²) in [5.41, 5.74) is 3.51. The van der Waals surface area contributed by atoms with Crippen molar-refractivity contribution in [3.05, 3.63) is 66.2 Å². The van der Waals surface area contributed by atoms with Crippen LogP contribution in [-0.4, -0.2) is 45.0 Å². The Morgan fingerprint density at radius 3 is 2.56 bits per heavy atom. The normalized spacial score (nSPS) is 14.9. The molecule has 3 heterocycles. The third kappa shape index (κ3) is 6.30. The van der Waals surface area contributed by atoms with Crippen LogP contribution in [0.1, 0.15) is 50.2 Å². The Balaban J connectivity index is 1.61. The van der Waals surface area contributed by atoms with Crippen LogP contribution in [0.2, 0.25) is 0 Å². The predicted molar refractivity (Wildman–Crippen MR) is 133 cm³/mol. The molecule has 2 aromatic heterocycles. The second kappa shape index (κ2) is 10.9. The summed E-state index contributed by atoms with van der Waals surface area (Å²) in [7, 11) is 0. The molecule has 0 aliphatic carbocycles. The molecule has 0 saturated carbocycles. The summed E-state index contributed by atoms with van der Waals surface area (Å²) in [6.45, 7) is 6.56. The molecule has 0 saturated heterocycles. The van der Waals surface area contributed by atoms with Crippen LogP contribution in [0.4, 0.5) is 24.7 Å². The molecule has 3 aromatic rings. The van der Waals surface area contributed by atoms with Crippen molar-refractivity contribution in [2.24, 2.45) is 4.99 Å². The van der Waals surface area contributed by atoms with Gasteiger partial charge in [0.15, 0.2) is 12.2 Å². The molecule has 7 nitrogen and oxygen atoms in total. The maximum absolute atomic E-state index is 13.2. The van der Waals surface area contributed by atoms with E-state index in [1.807, 2.05) is 38.1 Å². The number of allylic oxidation sites excluding steroid dienone is 1. The number of hydrogen-bond donors (Lipinski definition) is 1. The van der Waals surface area contributed by atoms with Gasteiger partial charge in [-0.15, -0.1) is 0 Å². The zero-order valence-electron chi connectivity index (χ0n) is 20.5. The fourth-order valence-corrected chi connectivity index (χ4v) is 4.03. The number of nitrogens with one attached hydrogen (secondary N) is 1. The van der Waals surface area contributed by atoms with E-state index in [1.54, 1.807) is 24.1 Å². The number of nitrogens with zero attached hydrogens (tertiary/aromatic N) is 5. The summed E-state index contributed by atoms with van der Waals surface area (Å²) in [4.78, 5) is 19.3. The maximum atomic E-state index is 13.2. The third-order valence-electron chi connectivity index (χ3n) is 5.84. The largest absolute Gasteiger partial charge is 0.444 e. The van der Waals surface area contributed by atoms with Gasteiger partial charge in [-0.25, -0.2) is 19.9 Å². The van der Waals surface area contributed by atoms with Crippen LogP contribution in [0.5, 0.6) is 0 Å². The molecule has 36 heavy (non-hydrogen) atoms. The summed E-state index contributed by atoms with van der Waals surface area (Å²) < 4.78 is 45.1. The number of hydrogen-bond acceptors (Lipinski definition) is 6. The highest BCUT2D eigenvalue weighted by molar-refractivity contribution is 5.83. The van der Waals surface area contributed by atoms with Crippen molar-refractivity contribution in [1.29, 1.82) is 0 Å². The standard InChI is InChI=1S/C26H29F3N6O/c1-4-11-31-23(14-26(27,28)29)35-12-9-20-21(10-13-35)33-24(17(2)3)34-25(20)32-19-7-5-18(6-8-19)22-15-30-16-36-22/h4-8,11,15-17H,9-10,12-14H2,1-3H3,(H,32,33,34)/b11-4-,31-23?. The van der Waals surface area contributed by atoms with Gasteiger partial charge in [0.25, 0.3) is 0 Å². The molecule has 0 spiro atoms. The Morgan fingerprint density at radius 1 is 1.17 bits per heavy atom. The van der Waals surface area contributed by atoms with E-state index in [-0.39, 0.29) is 11.8 Å². The molecule has 1 aliphatic rings. The van der Waals surface area contributed by atoms with E-state index >= 15 is 0 Å². The monoisotopic (exact) mass is 498 g/mol. The van der Waals surface area contributed by atoms with Gasteiger partial charge in [-0.3, -0.25) is 0 Å². The predicted octanol–water partition coefficient (Wildman–Crippen LogP) is 6.28. The topological polar surface area (TPSA) is 79.4 Å². The zero-order valence-corrected chi connectivity index (χ0v) is 20.5. The number of oxazole rings is 1. The molecular weight excluding hydrogens is 469 g/mol. The lowest BCUT2D eigenvalue weighted by molar-refractivity contribution is -0.122.